The normalized spacial score (nSPS) is 17.9. The van der Waals surface area contributed by atoms with Crippen molar-refractivity contribution in [2.75, 3.05) is 0 Å². The Kier molecular flexibility index (Phi) is 4.41. The Morgan fingerprint density at radius 2 is 2.20 bits per heavy atom. The number of benzene rings is 1. The molecule has 104 valence electrons. The Labute approximate surface area is 125 Å². The van der Waals surface area contributed by atoms with E-state index in [-0.39, 0.29) is 5.91 Å². The minimum Gasteiger partial charge on any atom is -0.479 e. The zero-order chi connectivity index (χ0) is 14.7. The Balaban J connectivity index is 2.29. The number of aliphatic carboxylic acids is 1. The summed E-state index contributed by atoms with van der Waals surface area (Å²) in [4.78, 5) is 22.9. The van der Waals surface area contributed by atoms with Crippen molar-refractivity contribution in [1.82, 2.24) is 5.32 Å². The molecule has 1 atom stereocenters. The predicted molar refractivity (Wildman–Crippen MR) is 80.5 cm³/mol. The third kappa shape index (κ3) is 3.37. The summed E-state index contributed by atoms with van der Waals surface area (Å²) in [6, 6.07) is 6.91. The highest BCUT2D eigenvalue weighted by Gasteiger charge is 2.23. The molecule has 0 aliphatic carbocycles. The van der Waals surface area contributed by atoms with Crippen LogP contribution in [0.2, 0.25) is 0 Å². The van der Waals surface area contributed by atoms with Gasteiger partial charge in [0.15, 0.2) is 6.10 Å². The molecule has 1 amide bonds. The van der Waals surface area contributed by atoms with Crippen LogP contribution in [0.1, 0.15) is 12.5 Å². The molecule has 1 fully saturated rings. The van der Waals surface area contributed by atoms with Gasteiger partial charge in [-0.25, -0.2) is 4.79 Å². The molecule has 2 N–H and O–H groups in total. The lowest BCUT2D eigenvalue weighted by Gasteiger charge is -2.12. The summed E-state index contributed by atoms with van der Waals surface area (Å²) in [7, 11) is 0. The van der Waals surface area contributed by atoms with Crippen LogP contribution in [-0.2, 0) is 9.59 Å². The van der Waals surface area contributed by atoms with E-state index in [4.69, 9.17) is 22.1 Å². The summed E-state index contributed by atoms with van der Waals surface area (Å²) >= 11 is 6.07. The number of carboxylic acid groups (broad SMARTS) is 1. The molecule has 1 aliphatic rings. The van der Waals surface area contributed by atoms with Crippen LogP contribution in [0.3, 0.4) is 0 Å². The Morgan fingerprint density at radius 3 is 2.80 bits per heavy atom. The molecule has 1 aromatic carbocycles. The maximum absolute atomic E-state index is 11.6. The quantitative estimate of drug-likeness (QED) is 0.655. The highest BCUT2D eigenvalue weighted by Crippen LogP contribution is 2.29. The SMILES string of the molecule is CC(Oc1ccccc1/C=C1/SC(=S)NC1=O)C(=O)O. The molecule has 0 aromatic heterocycles. The van der Waals surface area contributed by atoms with E-state index in [2.05, 4.69) is 5.32 Å². The van der Waals surface area contributed by atoms with E-state index in [9.17, 15) is 9.59 Å². The number of carbonyl (C=O) groups is 2. The van der Waals surface area contributed by atoms with Crippen LogP contribution in [0.25, 0.3) is 6.08 Å². The number of para-hydroxylation sites is 1. The Hall–Kier alpha value is -1.86. The summed E-state index contributed by atoms with van der Waals surface area (Å²) in [5.74, 6) is -0.913. The second kappa shape index (κ2) is 6.06. The molecule has 1 saturated heterocycles. The van der Waals surface area contributed by atoms with Crippen LogP contribution in [-0.4, -0.2) is 27.4 Å². The van der Waals surface area contributed by atoms with Crippen LogP contribution < -0.4 is 10.1 Å². The first-order valence-electron chi connectivity index (χ1n) is 5.70. The third-order valence-electron chi connectivity index (χ3n) is 2.50. The molecule has 7 heteroatoms. The van der Waals surface area contributed by atoms with Gasteiger partial charge in [-0.05, 0) is 19.1 Å². The molecule has 5 nitrogen and oxygen atoms in total. The van der Waals surface area contributed by atoms with Crippen LogP contribution in [0.5, 0.6) is 5.75 Å². The average molecular weight is 309 g/mol. The minimum absolute atomic E-state index is 0.263. The standard InChI is InChI=1S/C13H11NO4S2/c1-7(12(16)17)18-9-5-3-2-4-8(9)6-10-11(15)14-13(19)20-10/h2-7H,1H3,(H,16,17)(H,14,15,19)/b10-6+. The van der Waals surface area contributed by atoms with E-state index < -0.39 is 12.1 Å². The first-order valence-corrected chi connectivity index (χ1v) is 6.93. The van der Waals surface area contributed by atoms with Gasteiger partial charge < -0.3 is 15.2 Å². The number of hydrogen-bond acceptors (Lipinski definition) is 5. The fourth-order valence-electron chi connectivity index (χ4n) is 1.51. The van der Waals surface area contributed by atoms with Crippen molar-refractivity contribution < 1.29 is 19.4 Å². The topological polar surface area (TPSA) is 75.6 Å². The number of amides is 1. The maximum Gasteiger partial charge on any atom is 0.344 e. The monoisotopic (exact) mass is 309 g/mol. The van der Waals surface area contributed by atoms with Crippen molar-refractivity contribution >= 4 is 46.3 Å². The van der Waals surface area contributed by atoms with Gasteiger partial charge in [-0.3, -0.25) is 4.79 Å². The number of thioether (sulfide) groups is 1. The maximum atomic E-state index is 11.6. The van der Waals surface area contributed by atoms with Crippen LogP contribution in [0.4, 0.5) is 0 Å². The van der Waals surface area contributed by atoms with Gasteiger partial charge in [-0.15, -0.1) is 0 Å². The molecule has 2 rings (SSSR count). The van der Waals surface area contributed by atoms with Gasteiger partial charge in [0.2, 0.25) is 0 Å². The van der Waals surface area contributed by atoms with Gasteiger partial charge in [-0.1, -0.05) is 42.2 Å². The summed E-state index contributed by atoms with van der Waals surface area (Å²) in [5, 5.41) is 11.4. The number of thiocarbonyl (C=S) groups is 1. The number of ether oxygens (including phenoxy) is 1. The zero-order valence-corrected chi connectivity index (χ0v) is 12.1. The number of rotatable bonds is 4. The number of carbonyl (C=O) groups excluding carboxylic acids is 1. The lowest BCUT2D eigenvalue weighted by molar-refractivity contribution is -0.144. The second-order valence-corrected chi connectivity index (χ2v) is 5.71. The van der Waals surface area contributed by atoms with E-state index in [0.29, 0.717) is 20.5 Å². The van der Waals surface area contributed by atoms with Crippen molar-refractivity contribution in [3.63, 3.8) is 0 Å². The van der Waals surface area contributed by atoms with Gasteiger partial charge in [0.1, 0.15) is 10.1 Å². The first kappa shape index (κ1) is 14.5. The lowest BCUT2D eigenvalue weighted by Crippen LogP contribution is -2.23. The van der Waals surface area contributed by atoms with Crippen LogP contribution >= 0.6 is 24.0 Å². The van der Waals surface area contributed by atoms with Gasteiger partial charge in [0, 0.05) is 5.56 Å². The molecule has 0 bridgehead atoms. The molecule has 0 saturated carbocycles. The largest absolute Gasteiger partial charge is 0.479 e. The second-order valence-electron chi connectivity index (χ2n) is 3.99. The highest BCUT2D eigenvalue weighted by molar-refractivity contribution is 8.26. The highest BCUT2D eigenvalue weighted by atomic mass is 32.2. The van der Waals surface area contributed by atoms with Crippen LogP contribution in [0, 0.1) is 0 Å². The number of carboxylic acids is 1. The van der Waals surface area contributed by atoms with Crippen LogP contribution in [0.15, 0.2) is 29.2 Å². The lowest BCUT2D eigenvalue weighted by atomic mass is 10.2. The summed E-state index contributed by atoms with van der Waals surface area (Å²) < 4.78 is 5.76. The summed E-state index contributed by atoms with van der Waals surface area (Å²) in [5.41, 5.74) is 0.628. The summed E-state index contributed by atoms with van der Waals surface area (Å²) in [6.07, 6.45) is 0.657. The molecule has 1 aliphatic heterocycles. The van der Waals surface area contributed by atoms with Gasteiger partial charge in [-0.2, -0.15) is 0 Å². The van der Waals surface area contributed by atoms with E-state index >= 15 is 0 Å². The van der Waals surface area contributed by atoms with Crippen molar-refractivity contribution in [1.29, 1.82) is 0 Å². The number of hydrogen-bond donors (Lipinski definition) is 2. The fraction of sp³-hybridized carbons (Fsp3) is 0.154. The molecule has 1 aromatic rings. The summed E-state index contributed by atoms with van der Waals surface area (Å²) in [6.45, 7) is 1.44. The molecule has 20 heavy (non-hydrogen) atoms. The average Bonchev–Trinajstić information content (AvgIpc) is 2.70. The van der Waals surface area contributed by atoms with Gasteiger partial charge >= 0.3 is 5.97 Å². The molecular formula is C13H11NO4S2. The molecule has 1 unspecified atom stereocenters. The molecular weight excluding hydrogens is 298 g/mol. The van der Waals surface area contributed by atoms with Crippen molar-refractivity contribution in [2.45, 2.75) is 13.0 Å². The van der Waals surface area contributed by atoms with Crippen molar-refractivity contribution in [3.8, 4) is 5.75 Å². The Bertz CT molecular complexity index is 612. The van der Waals surface area contributed by atoms with E-state index in [1.165, 1.54) is 6.92 Å². The molecule has 1 heterocycles. The molecule has 0 radical (unpaired) electrons. The first-order chi connectivity index (χ1) is 9.47. The van der Waals surface area contributed by atoms with E-state index in [1.54, 1.807) is 30.3 Å². The zero-order valence-electron chi connectivity index (χ0n) is 10.5. The third-order valence-corrected chi connectivity index (χ3v) is 3.66. The number of nitrogens with one attached hydrogen (secondary N) is 1. The Morgan fingerprint density at radius 1 is 1.50 bits per heavy atom. The molecule has 0 spiro atoms. The van der Waals surface area contributed by atoms with Crippen molar-refractivity contribution in [3.05, 3.63) is 34.7 Å². The fourth-order valence-corrected chi connectivity index (χ4v) is 2.55. The van der Waals surface area contributed by atoms with Crippen molar-refractivity contribution in [2.24, 2.45) is 0 Å². The van der Waals surface area contributed by atoms with E-state index in [0.717, 1.165) is 11.8 Å². The van der Waals surface area contributed by atoms with Gasteiger partial charge in [0.05, 0.1) is 4.91 Å². The minimum atomic E-state index is -1.05. The van der Waals surface area contributed by atoms with Gasteiger partial charge in [0.25, 0.3) is 5.91 Å². The predicted octanol–water partition coefficient (Wildman–Crippen LogP) is 2.03. The smallest absolute Gasteiger partial charge is 0.344 e. The van der Waals surface area contributed by atoms with E-state index in [1.807, 2.05) is 0 Å².